The summed E-state index contributed by atoms with van der Waals surface area (Å²) in [6.45, 7) is 0. The highest BCUT2D eigenvalue weighted by atomic mass is 16.1. The van der Waals surface area contributed by atoms with Gasteiger partial charge in [-0.25, -0.2) is 0 Å². The Labute approximate surface area is 121 Å². The molecule has 2 heterocycles. The smallest absolute Gasteiger partial charge is 0.131 e. The fourth-order valence-electron chi connectivity index (χ4n) is 2.70. The Morgan fingerprint density at radius 1 is 1.05 bits per heavy atom. The van der Waals surface area contributed by atoms with Crippen molar-refractivity contribution < 1.29 is 9.59 Å². The molecule has 0 aliphatic rings. The third kappa shape index (κ3) is 2.36. The number of aromatic nitrogens is 2. The number of rotatable bonds is 5. The first kappa shape index (κ1) is 13.2. The molecule has 4 heteroatoms. The number of H-pyrrole nitrogens is 1. The summed E-state index contributed by atoms with van der Waals surface area (Å²) < 4.78 is 0. The Morgan fingerprint density at radius 2 is 1.81 bits per heavy atom. The third-order valence-electron chi connectivity index (χ3n) is 3.71. The van der Waals surface area contributed by atoms with E-state index in [2.05, 4.69) is 9.97 Å². The van der Waals surface area contributed by atoms with Crippen LogP contribution in [0.25, 0.3) is 10.9 Å². The normalized spacial score (nSPS) is 12.4. The SMILES string of the molecule is O=CC(C=O)C(c1ccccc1)c1c[nH]c2ccncc12. The summed E-state index contributed by atoms with van der Waals surface area (Å²) in [4.78, 5) is 30.0. The maximum atomic E-state index is 11.3. The summed E-state index contributed by atoms with van der Waals surface area (Å²) in [5, 5.41) is 0.931. The number of hydrogen-bond acceptors (Lipinski definition) is 3. The van der Waals surface area contributed by atoms with E-state index in [-0.39, 0.29) is 5.92 Å². The molecule has 0 aliphatic carbocycles. The van der Waals surface area contributed by atoms with Crippen molar-refractivity contribution in [3.8, 4) is 0 Å². The Kier molecular flexibility index (Phi) is 3.60. The average molecular weight is 278 g/mol. The summed E-state index contributed by atoms with van der Waals surface area (Å²) >= 11 is 0. The summed E-state index contributed by atoms with van der Waals surface area (Å²) in [5.41, 5.74) is 2.79. The fourth-order valence-corrected chi connectivity index (χ4v) is 2.70. The second kappa shape index (κ2) is 5.71. The molecule has 0 radical (unpaired) electrons. The van der Waals surface area contributed by atoms with Crippen molar-refractivity contribution in [2.45, 2.75) is 5.92 Å². The predicted octanol–water partition coefficient (Wildman–Crippen LogP) is 2.71. The molecule has 3 aromatic rings. The molecule has 2 aromatic heterocycles. The first-order chi connectivity index (χ1) is 10.3. The van der Waals surface area contributed by atoms with Gasteiger partial charge in [0.15, 0.2) is 0 Å². The molecule has 1 atom stereocenters. The first-order valence-corrected chi connectivity index (χ1v) is 6.71. The molecular weight excluding hydrogens is 264 g/mol. The fraction of sp³-hybridized carbons (Fsp3) is 0.118. The zero-order valence-corrected chi connectivity index (χ0v) is 11.3. The molecule has 1 unspecified atom stereocenters. The van der Waals surface area contributed by atoms with Gasteiger partial charge in [-0.3, -0.25) is 4.98 Å². The standard InChI is InChI=1S/C17H14N2O2/c20-10-13(11-21)17(12-4-2-1-3-5-12)15-9-19-16-6-7-18-8-14(15)16/h1-11,13,17,19H. The van der Waals surface area contributed by atoms with Gasteiger partial charge in [-0.2, -0.15) is 0 Å². The van der Waals surface area contributed by atoms with Crippen molar-refractivity contribution in [3.63, 3.8) is 0 Å². The van der Waals surface area contributed by atoms with Crippen LogP contribution in [-0.2, 0) is 9.59 Å². The Morgan fingerprint density at radius 3 is 2.52 bits per heavy atom. The van der Waals surface area contributed by atoms with E-state index in [1.807, 2.05) is 42.6 Å². The highest BCUT2D eigenvalue weighted by Gasteiger charge is 2.26. The van der Waals surface area contributed by atoms with E-state index in [1.165, 1.54) is 0 Å². The van der Waals surface area contributed by atoms with Gasteiger partial charge in [-0.05, 0) is 17.2 Å². The van der Waals surface area contributed by atoms with Gasteiger partial charge in [-0.15, -0.1) is 0 Å². The summed E-state index contributed by atoms with van der Waals surface area (Å²) in [5.74, 6) is -1.02. The average Bonchev–Trinajstić information content (AvgIpc) is 2.97. The molecule has 1 N–H and O–H groups in total. The number of benzene rings is 1. The van der Waals surface area contributed by atoms with Crippen molar-refractivity contribution in [1.82, 2.24) is 9.97 Å². The molecule has 0 fully saturated rings. The summed E-state index contributed by atoms with van der Waals surface area (Å²) in [6, 6.07) is 11.5. The number of carbonyl (C=O) groups is 2. The van der Waals surface area contributed by atoms with E-state index < -0.39 is 5.92 Å². The number of carbonyl (C=O) groups excluding carboxylic acids is 2. The molecule has 0 saturated carbocycles. The lowest BCUT2D eigenvalue weighted by atomic mass is 9.82. The minimum atomic E-state index is -0.716. The number of nitrogens with one attached hydrogen (secondary N) is 1. The van der Waals surface area contributed by atoms with E-state index >= 15 is 0 Å². The summed E-state index contributed by atoms with van der Waals surface area (Å²) in [6.07, 6.45) is 6.73. The maximum Gasteiger partial charge on any atom is 0.131 e. The summed E-state index contributed by atoms with van der Waals surface area (Å²) in [7, 11) is 0. The molecule has 21 heavy (non-hydrogen) atoms. The number of pyridine rings is 1. The quantitative estimate of drug-likeness (QED) is 0.576. The van der Waals surface area contributed by atoms with Crippen molar-refractivity contribution in [1.29, 1.82) is 0 Å². The van der Waals surface area contributed by atoms with Gasteiger partial charge in [0, 0.05) is 35.4 Å². The molecule has 0 saturated heterocycles. The maximum absolute atomic E-state index is 11.3. The lowest BCUT2D eigenvalue weighted by molar-refractivity contribution is -0.119. The number of aldehydes is 2. The van der Waals surface area contributed by atoms with Gasteiger partial charge in [0.2, 0.25) is 0 Å². The minimum absolute atomic E-state index is 0.306. The van der Waals surface area contributed by atoms with Crippen LogP contribution in [0.1, 0.15) is 17.0 Å². The van der Waals surface area contributed by atoms with Gasteiger partial charge >= 0.3 is 0 Å². The second-order valence-electron chi connectivity index (χ2n) is 4.90. The van der Waals surface area contributed by atoms with E-state index in [4.69, 9.17) is 0 Å². The molecule has 1 aromatic carbocycles. The molecular formula is C17H14N2O2. The predicted molar refractivity (Wildman–Crippen MR) is 80.0 cm³/mol. The lowest BCUT2D eigenvalue weighted by Crippen LogP contribution is -2.17. The van der Waals surface area contributed by atoms with Crippen LogP contribution in [0, 0.1) is 5.92 Å². The van der Waals surface area contributed by atoms with Crippen LogP contribution in [0.3, 0.4) is 0 Å². The monoisotopic (exact) mass is 278 g/mol. The zero-order chi connectivity index (χ0) is 14.7. The molecule has 0 amide bonds. The van der Waals surface area contributed by atoms with Gasteiger partial charge in [-0.1, -0.05) is 30.3 Å². The molecule has 4 nitrogen and oxygen atoms in total. The zero-order valence-electron chi connectivity index (χ0n) is 11.3. The van der Waals surface area contributed by atoms with E-state index in [0.29, 0.717) is 12.6 Å². The minimum Gasteiger partial charge on any atom is -0.361 e. The Bertz CT molecular complexity index is 757. The molecule has 3 rings (SSSR count). The first-order valence-electron chi connectivity index (χ1n) is 6.71. The number of nitrogens with zero attached hydrogens (tertiary/aromatic N) is 1. The molecule has 0 bridgehead atoms. The van der Waals surface area contributed by atoms with Gasteiger partial charge < -0.3 is 14.6 Å². The molecule has 0 spiro atoms. The lowest BCUT2D eigenvalue weighted by Gasteiger charge is -2.19. The Hall–Kier alpha value is -2.75. The third-order valence-corrected chi connectivity index (χ3v) is 3.71. The van der Waals surface area contributed by atoms with E-state index in [9.17, 15) is 9.59 Å². The van der Waals surface area contributed by atoms with Crippen LogP contribution in [-0.4, -0.2) is 22.5 Å². The number of hydrogen-bond donors (Lipinski definition) is 1. The Balaban J connectivity index is 2.19. The van der Waals surface area contributed by atoms with Crippen molar-refractivity contribution >= 4 is 23.5 Å². The van der Waals surface area contributed by atoms with Crippen molar-refractivity contribution in [3.05, 3.63) is 66.1 Å². The van der Waals surface area contributed by atoms with E-state index in [1.54, 1.807) is 12.4 Å². The van der Waals surface area contributed by atoms with Crippen LogP contribution in [0.15, 0.2) is 55.0 Å². The topological polar surface area (TPSA) is 62.8 Å². The van der Waals surface area contributed by atoms with Gasteiger partial charge in [0.1, 0.15) is 12.6 Å². The van der Waals surface area contributed by atoms with Crippen molar-refractivity contribution in [2.75, 3.05) is 0 Å². The van der Waals surface area contributed by atoms with Crippen LogP contribution >= 0.6 is 0 Å². The highest BCUT2D eigenvalue weighted by Crippen LogP contribution is 2.34. The molecule has 0 aliphatic heterocycles. The van der Waals surface area contributed by atoms with Crippen LogP contribution in [0.4, 0.5) is 0 Å². The second-order valence-corrected chi connectivity index (χ2v) is 4.90. The number of fused-ring (bicyclic) bond motifs is 1. The van der Waals surface area contributed by atoms with Gasteiger partial charge in [0.05, 0.1) is 5.92 Å². The van der Waals surface area contributed by atoms with Crippen LogP contribution < -0.4 is 0 Å². The van der Waals surface area contributed by atoms with Crippen molar-refractivity contribution in [2.24, 2.45) is 5.92 Å². The number of aromatic amines is 1. The van der Waals surface area contributed by atoms with Gasteiger partial charge in [0.25, 0.3) is 0 Å². The largest absolute Gasteiger partial charge is 0.361 e. The molecule has 104 valence electrons. The van der Waals surface area contributed by atoms with Crippen LogP contribution in [0.2, 0.25) is 0 Å². The van der Waals surface area contributed by atoms with Crippen LogP contribution in [0.5, 0.6) is 0 Å². The van der Waals surface area contributed by atoms with E-state index in [0.717, 1.165) is 22.0 Å². The highest BCUT2D eigenvalue weighted by molar-refractivity contribution is 5.87.